The third-order valence-corrected chi connectivity index (χ3v) is 7.18. The van der Waals surface area contributed by atoms with Crippen LogP contribution in [0.15, 0.2) is 11.4 Å². The summed E-state index contributed by atoms with van der Waals surface area (Å²) >= 11 is 0. The number of ketones is 1. The van der Waals surface area contributed by atoms with Crippen LogP contribution in [-0.4, -0.2) is 102 Å². The summed E-state index contributed by atoms with van der Waals surface area (Å²) in [7, 11) is 1.81. The van der Waals surface area contributed by atoms with Gasteiger partial charge in [-0.15, -0.1) is 0 Å². The van der Waals surface area contributed by atoms with Gasteiger partial charge >= 0.3 is 6.09 Å². The zero-order chi connectivity index (χ0) is 31.3. The van der Waals surface area contributed by atoms with Crippen LogP contribution in [0.3, 0.4) is 0 Å². The van der Waals surface area contributed by atoms with Crippen molar-refractivity contribution in [3.63, 3.8) is 0 Å². The number of Topliss-reactive ketones (excluding diaryl/α,β-unsaturated/α-hetero) is 1. The summed E-state index contributed by atoms with van der Waals surface area (Å²) in [6, 6.07) is -0.462. The number of nitrogens with two attached hydrogens (primary N) is 2. The van der Waals surface area contributed by atoms with E-state index in [-0.39, 0.29) is 36.6 Å². The fourth-order valence-corrected chi connectivity index (χ4v) is 4.55. The van der Waals surface area contributed by atoms with Crippen molar-refractivity contribution in [1.82, 2.24) is 15.6 Å². The van der Waals surface area contributed by atoms with Gasteiger partial charge in [-0.2, -0.15) is 0 Å². The molecule has 1 aliphatic rings. The number of alkyl carbamates (subject to hydrolysis) is 1. The molecule has 0 saturated carbocycles. The number of nitrogens with zero attached hydrogens (tertiary/aromatic N) is 1. The van der Waals surface area contributed by atoms with Gasteiger partial charge in [0.25, 0.3) is 0 Å². The van der Waals surface area contributed by atoms with Crippen LogP contribution < -0.4 is 22.2 Å². The minimum absolute atomic E-state index is 0.0479. The lowest BCUT2D eigenvalue weighted by Gasteiger charge is -2.29. The van der Waals surface area contributed by atoms with Crippen LogP contribution in [0.25, 0.3) is 0 Å². The molecule has 0 saturated heterocycles. The molecular weight excluding hydrogens is 546 g/mol. The molecule has 13 nitrogen and oxygen atoms in total. The van der Waals surface area contributed by atoms with Gasteiger partial charge in [0, 0.05) is 31.4 Å². The second kappa shape index (κ2) is 22.1. The van der Waals surface area contributed by atoms with E-state index in [0.29, 0.717) is 65.3 Å². The molecule has 3 atom stereocenters. The zero-order valence-electron chi connectivity index (χ0n) is 26.3. The van der Waals surface area contributed by atoms with Crippen molar-refractivity contribution in [2.75, 3.05) is 73.1 Å². The molecule has 1 aliphatic carbocycles. The van der Waals surface area contributed by atoms with Gasteiger partial charge in [-0.1, -0.05) is 20.8 Å². The van der Waals surface area contributed by atoms with Crippen molar-refractivity contribution in [2.45, 2.75) is 65.8 Å². The number of amides is 2. The fraction of sp³-hybridized carbons (Fsp3) is 0.828. The summed E-state index contributed by atoms with van der Waals surface area (Å²) in [5.41, 5.74) is 7.99. The third-order valence-electron chi connectivity index (χ3n) is 7.18. The maximum absolute atomic E-state index is 12.1. The zero-order valence-corrected chi connectivity index (χ0v) is 26.3. The summed E-state index contributed by atoms with van der Waals surface area (Å²) in [5.74, 6) is 6.32. The molecule has 0 fully saturated rings. The van der Waals surface area contributed by atoms with Crippen LogP contribution in [0.4, 0.5) is 4.79 Å². The molecule has 6 N–H and O–H groups in total. The van der Waals surface area contributed by atoms with E-state index in [4.69, 9.17) is 35.3 Å². The first-order valence-corrected chi connectivity index (χ1v) is 15.0. The Morgan fingerprint density at radius 3 is 2.05 bits per heavy atom. The Hall–Kier alpha value is -2.45. The summed E-state index contributed by atoms with van der Waals surface area (Å²) in [5, 5.41) is 7.04. The van der Waals surface area contributed by atoms with Gasteiger partial charge in [0.1, 0.15) is 0 Å². The quantitative estimate of drug-likeness (QED) is 0.0855. The van der Waals surface area contributed by atoms with Crippen molar-refractivity contribution in [2.24, 2.45) is 29.3 Å². The van der Waals surface area contributed by atoms with Crippen LogP contribution in [0.2, 0.25) is 0 Å². The summed E-state index contributed by atoms with van der Waals surface area (Å²) in [6.07, 6.45) is 3.08. The van der Waals surface area contributed by atoms with Crippen LogP contribution in [0, 0.1) is 17.8 Å². The second-order valence-corrected chi connectivity index (χ2v) is 11.0. The van der Waals surface area contributed by atoms with Crippen molar-refractivity contribution in [3.8, 4) is 0 Å². The Morgan fingerprint density at radius 1 is 0.929 bits per heavy atom. The normalized spacial score (nSPS) is 20.0. The van der Waals surface area contributed by atoms with E-state index >= 15 is 0 Å². The van der Waals surface area contributed by atoms with E-state index in [1.54, 1.807) is 5.01 Å². The van der Waals surface area contributed by atoms with Gasteiger partial charge in [-0.25, -0.2) is 10.6 Å². The number of hydrazine groups is 1. The predicted molar refractivity (Wildman–Crippen MR) is 159 cm³/mol. The van der Waals surface area contributed by atoms with Gasteiger partial charge in [0.15, 0.2) is 5.78 Å². The van der Waals surface area contributed by atoms with Gasteiger partial charge < -0.3 is 45.1 Å². The van der Waals surface area contributed by atoms with Crippen LogP contribution in [0.5, 0.6) is 0 Å². The first-order valence-electron chi connectivity index (χ1n) is 15.0. The highest BCUT2D eigenvalue weighted by atomic mass is 16.6. The van der Waals surface area contributed by atoms with Crippen LogP contribution in [-0.2, 0) is 33.3 Å². The maximum atomic E-state index is 12.1. The Labute approximate surface area is 251 Å². The number of hydrogen-bond donors (Lipinski definition) is 4. The maximum Gasteiger partial charge on any atom is 0.407 e. The fourth-order valence-electron chi connectivity index (χ4n) is 4.55. The smallest absolute Gasteiger partial charge is 0.407 e. The Kier molecular flexibility index (Phi) is 19.8. The van der Waals surface area contributed by atoms with Gasteiger partial charge in [-0.3, -0.25) is 9.59 Å². The van der Waals surface area contributed by atoms with Crippen molar-refractivity contribution in [3.05, 3.63) is 11.4 Å². The average Bonchev–Trinajstić information content (AvgIpc) is 2.92. The number of carbonyl (C=O) groups is 3. The van der Waals surface area contributed by atoms with E-state index in [0.717, 1.165) is 37.1 Å². The molecular formula is C29H55N5O8. The molecule has 0 radical (unpaired) electrons. The lowest BCUT2D eigenvalue weighted by Crippen LogP contribution is -2.43. The topological polar surface area (TPSA) is 177 Å². The highest BCUT2D eigenvalue weighted by Crippen LogP contribution is 2.29. The molecule has 0 aromatic carbocycles. The van der Waals surface area contributed by atoms with Gasteiger partial charge in [-0.05, 0) is 50.4 Å². The molecule has 0 spiro atoms. The lowest BCUT2D eigenvalue weighted by molar-refractivity contribution is -0.128. The average molecular weight is 602 g/mol. The standard InChI is InChI=1S/C29H55N5O8/c1-21(2)28(23(4)35)33-27(36)10-12-38-14-16-40-18-19-41-17-15-39-13-11-32-29(37)42-20-24-7-8-25(30)26(34(5)31)9-6-22(24)3/h21-22,24,28H,6-20,30-31H2,1-5H3,(H,32,37)(H,33,36)/b26-25-. The Morgan fingerprint density at radius 2 is 1.50 bits per heavy atom. The Balaban J connectivity index is 1.95. The summed E-state index contributed by atoms with van der Waals surface area (Å²) in [4.78, 5) is 35.5. The second-order valence-electron chi connectivity index (χ2n) is 11.0. The molecule has 244 valence electrons. The molecule has 1 rings (SSSR count). The van der Waals surface area contributed by atoms with E-state index in [9.17, 15) is 14.4 Å². The Bertz CT molecular complexity index is 824. The molecule has 0 aliphatic heterocycles. The predicted octanol–water partition coefficient (Wildman–Crippen LogP) is 1.70. The first kappa shape index (κ1) is 37.6. The molecule has 0 heterocycles. The molecule has 13 heteroatoms. The number of allylic oxidation sites excluding steroid dienone is 2. The minimum atomic E-state index is -0.462. The number of rotatable bonds is 21. The van der Waals surface area contributed by atoms with Crippen molar-refractivity contribution in [1.29, 1.82) is 0 Å². The van der Waals surface area contributed by atoms with Crippen LogP contribution in [0.1, 0.15) is 59.8 Å². The van der Waals surface area contributed by atoms with Crippen molar-refractivity contribution >= 4 is 17.8 Å². The molecule has 42 heavy (non-hydrogen) atoms. The minimum Gasteiger partial charge on any atom is -0.449 e. The van der Waals surface area contributed by atoms with E-state index in [1.807, 2.05) is 20.9 Å². The largest absolute Gasteiger partial charge is 0.449 e. The molecule has 3 unspecified atom stereocenters. The van der Waals surface area contributed by atoms with Crippen LogP contribution >= 0.6 is 0 Å². The van der Waals surface area contributed by atoms with Gasteiger partial charge in [0.05, 0.1) is 65.5 Å². The summed E-state index contributed by atoms with van der Waals surface area (Å²) < 4.78 is 27.2. The highest BCUT2D eigenvalue weighted by Gasteiger charge is 2.24. The monoisotopic (exact) mass is 601 g/mol. The highest BCUT2D eigenvalue weighted by molar-refractivity contribution is 5.87. The third kappa shape index (κ3) is 16.9. The molecule has 0 aromatic rings. The number of ether oxygens (including phenoxy) is 5. The number of hydrogen-bond acceptors (Lipinski definition) is 11. The van der Waals surface area contributed by atoms with E-state index < -0.39 is 12.1 Å². The molecule has 2 amide bonds. The molecule has 0 aromatic heterocycles. The lowest BCUT2D eigenvalue weighted by atomic mass is 9.84. The number of nitrogens with one attached hydrogen (secondary N) is 2. The van der Waals surface area contributed by atoms with E-state index in [1.165, 1.54) is 6.92 Å². The number of carbonyl (C=O) groups excluding carboxylic acids is 3. The van der Waals surface area contributed by atoms with Crippen molar-refractivity contribution < 1.29 is 38.1 Å². The SMILES string of the molecule is CC(=O)C(NC(=O)CCOCCOCCOCCOCCNC(=O)OCC1CC/C(N)=C(/N(C)N)CCC1C)C(C)C. The van der Waals surface area contributed by atoms with Gasteiger partial charge in [0.2, 0.25) is 5.91 Å². The first-order chi connectivity index (χ1) is 20.0. The summed E-state index contributed by atoms with van der Waals surface area (Å²) in [6.45, 7) is 11.2. The molecule has 0 bridgehead atoms. The van der Waals surface area contributed by atoms with E-state index in [2.05, 4.69) is 17.6 Å².